The zero-order valence-electron chi connectivity index (χ0n) is 31.2. The van der Waals surface area contributed by atoms with Crippen LogP contribution in [0.2, 0.25) is 0 Å². The molecular weight excluding hydrogens is 685 g/mol. The average molecular weight is 727 g/mol. The fourth-order valence-corrected chi connectivity index (χ4v) is 8.90. The van der Waals surface area contributed by atoms with E-state index in [-0.39, 0.29) is 0 Å². The van der Waals surface area contributed by atoms with Gasteiger partial charge in [0.05, 0.1) is 11.4 Å². The van der Waals surface area contributed by atoms with Crippen molar-refractivity contribution in [1.29, 1.82) is 0 Å². The van der Waals surface area contributed by atoms with E-state index < -0.39 is 0 Å². The van der Waals surface area contributed by atoms with Crippen molar-refractivity contribution in [3.63, 3.8) is 0 Å². The third-order valence-electron chi connectivity index (χ3n) is 10.5. The number of nitrogens with zero attached hydrogens (tertiary/aromatic N) is 2. The molecule has 0 fully saturated rings. The van der Waals surface area contributed by atoms with Crippen molar-refractivity contribution in [3.05, 3.63) is 205 Å². The first kappa shape index (κ1) is 34.5. The van der Waals surface area contributed by atoms with Crippen LogP contribution in [0.3, 0.4) is 0 Å². The topological polar surface area (TPSA) is 6.48 Å². The normalized spacial score (nSPS) is 11.9. The summed E-state index contributed by atoms with van der Waals surface area (Å²) < 4.78 is 0. The van der Waals surface area contributed by atoms with E-state index in [4.69, 9.17) is 0 Å². The van der Waals surface area contributed by atoms with Crippen LogP contribution in [0.15, 0.2) is 204 Å². The Kier molecular flexibility index (Phi) is 9.54. The first-order valence-electron chi connectivity index (χ1n) is 19.2. The van der Waals surface area contributed by atoms with Crippen LogP contribution in [0, 0.1) is 6.92 Å². The highest BCUT2D eigenvalue weighted by Crippen LogP contribution is 2.52. The SMILES string of the molecule is CCCc1ccccc1N(c1cccc(-c2ccccc2)c1)c1ccc(-c2ccc3c(c2)Sc2ccccc2N3c2ccc(-c3ccccc3)cc2)cc1C. The van der Waals surface area contributed by atoms with Crippen LogP contribution < -0.4 is 9.80 Å². The Morgan fingerprint density at radius 2 is 1.04 bits per heavy atom. The Labute approximate surface area is 329 Å². The van der Waals surface area contributed by atoms with E-state index in [2.05, 4.69) is 218 Å². The maximum atomic E-state index is 2.46. The van der Waals surface area contributed by atoms with E-state index in [1.54, 1.807) is 0 Å². The highest BCUT2D eigenvalue weighted by atomic mass is 32.2. The molecule has 0 spiro atoms. The predicted molar refractivity (Wildman–Crippen MR) is 235 cm³/mol. The van der Waals surface area contributed by atoms with E-state index in [0.717, 1.165) is 24.2 Å². The smallest absolute Gasteiger partial charge is 0.0602 e. The van der Waals surface area contributed by atoms with Crippen molar-refractivity contribution in [2.24, 2.45) is 0 Å². The summed E-state index contributed by atoms with van der Waals surface area (Å²) in [7, 11) is 0. The van der Waals surface area contributed by atoms with Crippen LogP contribution in [-0.2, 0) is 6.42 Å². The molecule has 0 radical (unpaired) electrons. The predicted octanol–water partition coefficient (Wildman–Crippen LogP) is 15.4. The summed E-state index contributed by atoms with van der Waals surface area (Å²) >= 11 is 1.85. The molecule has 0 atom stereocenters. The Hall–Kier alpha value is -6.29. The van der Waals surface area contributed by atoms with Crippen molar-refractivity contribution in [3.8, 4) is 33.4 Å². The number of hydrogen-bond donors (Lipinski definition) is 0. The summed E-state index contributed by atoms with van der Waals surface area (Å²) in [6.45, 7) is 4.51. The van der Waals surface area contributed by atoms with Crippen LogP contribution in [0.25, 0.3) is 33.4 Å². The molecule has 3 heteroatoms. The summed E-state index contributed by atoms with van der Waals surface area (Å²) in [4.78, 5) is 7.36. The molecule has 2 nitrogen and oxygen atoms in total. The van der Waals surface area contributed by atoms with Crippen LogP contribution in [0.5, 0.6) is 0 Å². The maximum Gasteiger partial charge on any atom is 0.0602 e. The van der Waals surface area contributed by atoms with E-state index in [0.29, 0.717) is 0 Å². The first-order chi connectivity index (χ1) is 27.1. The third kappa shape index (κ3) is 6.84. The van der Waals surface area contributed by atoms with Gasteiger partial charge in [-0.25, -0.2) is 0 Å². The highest BCUT2D eigenvalue weighted by molar-refractivity contribution is 7.99. The average Bonchev–Trinajstić information content (AvgIpc) is 3.25. The van der Waals surface area contributed by atoms with Crippen LogP contribution in [-0.4, -0.2) is 0 Å². The van der Waals surface area contributed by atoms with Gasteiger partial charge in [-0.15, -0.1) is 0 Å². The molecular formula is C52H42N2S. The van der Waals surface area contributed by atoms with Gasteiger partial charge in [0.25, 0.3) is 0 Å². The molecule has 1 heterocycles. The second-order valence-electron chi connectivity index (χ2n) is 14.1. The number of hydrogen-bond acceptors (Lipinski definition) is 3. The number of rotatable bonds is 9. The fourth-order valence-electron chi connectivity index (χ4n) is 7.81. The lowest BCUT2D eigenvalue weighted by Gasteiger charge is -2.33. The maximum absolute atomic E-state index is 2.46. The lowest BCUT2D eigenvalue weighted by atomic mass is 9.99. The van der Waals surface area contributed by atoms with Crippen LogP contribution in [0.1, 0.15) is 24.5 Å². The molecule has 0 saturated carbocycles. The Morgan fingerprint density at radius 1 is 0.455 bits per heavy atom. The molecule has 266 valence electrons. The first-order valence-corrected chi connectivity index (χ1v) is 20.0. The third-order valence-corrected chi connectivity index (χ3v) is 11.6. The molecule has 0 saturated heterocycles. The second kappa shape index (κ2) is 15.2. The fraction of sp³-hybridized carbons (Fsp3) is 0.0769. The minimum Gasteiger partial charge on any atom is -0.310 e. The molecule has 8 aromatic carbocycles. The summed E-state index contributed by atoms with van der Waals surface area (Å²) in [5, 5.41) is 0. The molecule has 55 heavy (non-hydrogen) atoms. The molecule has 0 unspecified atom stereocenters. The zero-order valence-corrected chi connectivity index (χ0v) is 32.0. The Morgan fingerprint density at radius 3 is 1.80 bits per heavy atom. The van der Waals surface area contributed by atoms with E-state index in [1.165, 1.54) is 77.0 Å². The van der Waals surface area contributed by atoms with Gasteiger partial charge < -0.3 is 9.80 Å². The van der Waals surface area contributed by atoms with Gasteiger partial charge in [0.1, 0.15) is 0 Å². The quantitative estimate of drug-likeness (QED) is 0.146. The standard InChI is InChI=1S/C52H42N2S/c1-3-15-41-20-10-11-23-48(41)54(46-22-14-21-42(35-46)39-18-8-5-9-19-39)47-32-28-43(34-37(47)2)44-29-33-50-52(36-44)55-51-25-13-12-24-49(51)53(50)45-30-26-40(27-31-45)38-16-6-4-7-17-38/h4-14,16-36H,3,15H2,1-2H3. The minimum absolute atomic E-state index is 1.02. The number of anilines is 6. The molecule has 1 aliphatic rings. The molecule has 8 aromatic rings. The largest absolute Gasteiger partial charge is 0.310 e. The summed E-state index contributed by atoms with van der Waals surface area (Å²) in [5.41, 5.74) is 17.0. The van der Waals surface area contributed by atoms with Gasteiger partial charge in [0.2, 0.25) is 0 Å². The van der Waals surface area contributed by atoms with Crippen molar-refractivity contribution < 1.29 is 0 Å². The van der Waals surface area contributed by atoms with Gasteiger partial charge in [-0.2, -0.15) is 0 Å². The van der Waals surface area contributed by atoms with Gasteiger partial charge >= 0.3 is 0 Å². The summed E-state index contributed by atoms with van der Waals surface area (Å²) in [5.74, 6) is 0. The number of fused-ring (bicyclic) bond motifs is 2. The lowest BCUT2D eigenvalue weighted by molar-refractivity contribution is 0.919. The zero-order chi connectivity index (χ0) is 37.1. The van der Waals surface area contributed by atoms with Gasteiger partial charge in [0.15, 0.2) is 0 Å². The monoisotopic (exact) mass is 726 g/mol. The Balaban J connectivity index is 1.09. The van der Waals surface area contributed by atoms with Crippen molar-refractivity contribution in [2.45, 2.75) is 36.5 Å². The van der Waals surface area contributed by atoms with Crippen molar-refractivity contribution in [2.75, 3.05) is 9.80 Å². The second-order valence-corrected chi connectivity index (χ2v) is 15.2. The molecule has 0 aliphatic carbocycles. The highest BCUT2D eigenvalue weighted by Gasteiger charge is 2.26. The van der Waals surface area contributed by atoms with E-state index >= 15 is 0 Å². The molecule has 0 N–H and O–H groups in total. The van der Waals surface area contributed by atoms with Crippen molar-refractivity contribution in [1.82, 2.24) is 0 Å². The molecule has 0 aromatic heterocycles. The number of para-hydroxylation sites is 2. The van der Waals surface area contributed by atoms with Crippen molar-refractivity contribution >= 4 is 45.9 Å². The van der Waals surface area contributed by atoms with Crippen LogP contribution >= 0.6 is 11.8 Å². The molecule has 0 bridgehead atoms. The van der Waals surface area contributed by atoms with E-state index in [9.17, 15) is 0 Å². The molecule has 0 amide bonds. The number of aryl methyl sites for hydroxylation is 2. The van der Waals surface area contributed by atoms with Crippen LogP contribution in [0.4, 0.5) is 34.1 Å². The molecule has 9 rings (SSSR count). The Bertz CT molecular complexity index is 2600. The van der Waals surface area contributed by atoms with Gasteiger partial charge in [-0.05, 0) is 125 Å². The van der Waals surface area contributed by atoms with Gasteiger partial charge in [0, 0.05) is 32.5 Å². The molecule has 1 aliphatic heterocycles. The van der Waals surface area contributed by atoms with Gasteiger partial charge in [-0.3, -0.25) is 0 Å². The minimum atomic E-state index is 1.02. The lowest BCUT2D eigenvalue weighted by Crippen LogP contribution is -2.14. The van der Waals surface area contributed by atoms with Gasteiger partial charge in [-0.1, -0.05) is 153 Å². The summed E-state index contributed by atoms with van der Waals surface area (Å²) in [6, 6.07) is 70.7. The number of benzene rings is 8. The van der Waals surface area contributed by atoms with E-state index in [1.807, 2.05) is 11.8 Å². The summed E-state index contributed by atoms with van der Waals surface area (Å²) in [6.07, 6.45) is 2.11.